The minimum Gasteiger partial charge on any atom is -0.356 e. The van der Waals surface area contributed by atoms with Gasteiger partial charge in [-0.15, -0.1) is 12.4 Å². The minimum atomic E-state index is -0.200. The second-order valence-corrected chi connectivity index (χ2v) is 6.28. The van der Waals surface area contributed by atoms with Crippen LogP contribution in [-0.2, 0) is 9.59 Å². The van der Waals surface area contributed by atoms with Gasteiger partial charge in [0.05, 0.1) is 6.04 Å². The highest BCUT2D eigenvalue weighted by atomic mass is 35.5. The zero-order valence-corrected chi connectivity index (χ0v) is 14.3. The highest BCUT2D eigenvalue weighted by molar-refractivity contribution is 6.30. The maximum atomic E-state index is 12.9. The van der Waals surface area contributed by atoms with Crippen LogP contribution in [0.4, 0.5) is 0 Å². The number of rotatable bonds is 2. The van der Waals surface area contributed by atoms with Crippen molar-refractivity contribution in [3.05, 3.63) is 34.9 Å². The van der Waals surface area contributed by atoms with E-state index in [2.05, 4.69) is 10.6 Å². The van der Waals surface area contributed by atoms with Gasteiger partial charge in [-0.2, -0.15) is 0 Å². The van der Waals surface area contributed by atoms with Gasteiger partial charge in [0.1, 0.15) is 0 Å². The van der Waals surface area contributed by atoms with Gasteiger partial charge in [0.15, 0.2) is 0 Å². The molecule has 0 aromatic heterocycles. The molecule has 2 unspecified atom stereocenters. The van der Waals surface area contributed by atoms with Crippen LogP contribution in [0.5, 0.6) is 0 Å². The first-order valence-electron chi connectivity index (χ1n) is 7.68. The van der Waals surface area contributed by atoms with Crippen molar-refractivity contribution >= 4 is 35.8 Å². The lowest BCUT2D eigenvalue weighted by atomic mass is 9.93. The van der Waals surface area contributed by atoms with E-state index in [0.29, 0.717) is 31.1 Å². The maximum absolute atomic E-state index is 12.9. The number of benzene rings is 1. The fraction of sp³-hybridized carbons (Fsp3) is 0.500. The van der Waals surface area contributed by atoms with Crippen LogP contribution in [0.25, 0.3) is 0 Å². The van der Waals surface area contributed by atoms with Crippen molar-refractivity contribution in [2.24, 2.45) is 5.92 Å². The van der Waals surface area contributed by atoms with E-state index < -0.39 is 0 Å². The highest BCUT2D eigenvalue weighted by Crippen LogP contribution is 2.28. The predicted octanol–water partition coefficient (Wildman–Crippen LogP) is 1.76. The number of piperazine rings is 1. The molecule has 0 radical (unpaired) electrons. The summed E-state index contributed by atoms with van der Waals surface area (Å²) in [6.07, 6.45) is 1.02. The molecular weight excluding hydrogens is 337 g/mol. The molecule has 0 spiro atoms. The van der Waals surface area contributed by atoms with Crippen molar-refractivity contribution in [2.75, 3.05) is 26.2 Å². The fourth-order valence-corrected chi connectivity index (χ4v) is 3.41. The van der Waals surface area contributed by atoms with Gasteiger partial charge in [0.2, 0.25) is 11.8 Å². The second-order valence-electron chi connectivity index (χ2n) is 5.85. The summed E-state index contributed by atoms with van der Waals surface area (Å²) in [5, 5.41) is 6.79. The molecule has 1 aromatic carbocycles. The van der Waals surface area contributed by atoms with Crippen molar-refractivity contribution < 1.29 is 9.59 Å². The lowest BCUT2D eigenvalue weighted by molar-refractivity contribution is -0.143. The minimum absolute atomic E-state index is 0. The van der Waals surface area contributed by atoms with Gasteiger partial charge < -0.3 is 15.5 Å². The summed E-state index contributed by atoms with van der Waals surface area (Å²) in [5.74, 6) is -0.145. The lowest BCUT2D eigenvalue weighted by Crippen LogP contribution is -2.52. The molecule has 2 aliphatic heterocycles. The maximum Gasteiger partial charge on any atom is 0.226 e. The standard InChI is InChI=1S/C16H20ClN3O2.ClH/c17-13-3-1-2-11(8-13)14-10-18-6-7-20(14)16(22)12-4-5-19-15(21)9-12;/h1-3,8,12,14,18H,4-7,9-10H2,(H,19,21);1H. The lowest BCUT2D eigenvalue weighted by Gasteiger charge is -2.39. The number of piperidine rings is 1. The number of halogens is 2. The highest BCUT2D eigenvalue weighted by Gasteiger charge is 2.34. The number of carbonyl (C=O) groups excluding carboxylic acids is 2. The monoisotopic (exact) mass is 357 g/mol. The van der Waals surface area contributed by atoms with E-state index in [4.69, 9.17) is 11.6 Å². The van der Waals surface area contributed by atoms with Gasteiger partial charge in [-0.25, -0.2) is 0 Å². The average molecular weight is 358 g/mol. The van der Waals surface area contributed by atoms with E-state index in [-0.39, 0.29) is 36.2 Å². The topological polar surface area (TPSA) is 61.4 Å². The van der Waals surface area contributed by atoms with E-state index in [1.54, 1.807) is 0 Å². The van der Waals surface area contributed by atoms with Gasteiger partial charge in [-0.05, 0) is 24.1 Å². The van der Waals surface area contributed by atoms with E-state index in [0.717, 1.165) is 18.5 Å². The van der Waals surface area contributed by atoms with Gasteiger partial charge in [0.25, 0.3) is 0 Å². The molecule has 2 N–H and O–H groups in total. The Labute approximate surface area is 147 Å². The Hall–Kier alpha value is -1.30. The number of amides is 2. The summed E-state index contributed by atoms with van der Waals surface area (Å²) in [6.45, 7) is 2.74. The molecule has 3 rings (SSSR count). The Kier molecular flexibility index (Phi) is 6.27. The second kappa shape index (κ2) is 7.99. The molecule has 2 aliphatic rings. The Balaban J connectivity index is 0.00000192. The van der Waals surface area contributed by atoms with Crippen LogP contribution in [-0.4, -0.2) is 42.9 Å². The van der Waals surface area contributed by atoms with E-state index in [9.17, 15) is 9.59 Å². The number of hydrogen-bond acceptors (Lipinski definition) is 3. The van der Waals surface area contributed by atoms with Gasteiger partial charge in [-0.1, -0.05) is 23.7 Å². The quantitative estimate of drug-likeness (QED) is 0.847. The van der Waals surface area contributed by atoms with E-state index in [1.165, 1.54) is 0 Å². The van der Waals surface area contributed by atoms with Gasteiger partial charge >= 0.3 is 0 Å². The normalized spacial score (nSPS) is 24.6. The smallest absolute Gasteiger partial charge is 0.226 e. The van der Waals surface area contributed by atoms with Crippen molar-refractivity contribution in [1.29, 1.82) is 0 Å². The molecule has 1 aromatic rings. The van der Waals surface area contributed by atoms with Crippen LogP contribution < -0.4 is 10.6 Å². The summed E-state index contributed by atoms with van der Waals surface area (Å²) in [7, 11) is 0. The van der Waals surface area contributed by atoms with Crippen LogP contribution in [0.3, 0.4) is 0 Å². The Bertz CT molecular complexity index is 582. The molecule has 0 aliphatic carbocycles. The summed E-state index contributed by atoms with van der Waals surface area (Å²) >= 11 is 6.08. The Morgan fingerprint density at radius 1 is 1.30 bits per heavy atom. The Morgan fingerprint density at radius 2 is 2.13 bits per heavy atom. The third-order valence-electron chi connectivity index (χ3n) is 4.36. The largest absolute Gasteiger partial charge is 0.356 e. The van der Waals surface area contributed by atoms with Crippen LogP contribution >= 0.6 is 24.0 Å². The molecule has 7 heteroatoms. The number of nitrogens with one attached hydrogen (secondary N) is 2. The predicted molar refractivity (Wildman–Crippen MR) is 91.8 cm³/mol. The van der Waals surface area contributed by atoms with Crippen molar-refractivity contribution in [3.63, 3.8) is 0 Å². The number of carbonyl (C=O) groups is 2. The average Bonchev–Trinajstić information content (AvgIpc) is 2.54. The third-order valence-corrected chi connectivity index (χ3v) is 4.59. The van der Waals surface area contributed by atoms with Crippen LogP contribution in [0.2, 0.25) is 5.02 Å². The van der Waals surface area contributed by atoms with Gasteiger partial charge in [0, 0.05) is 43.5 Å². The summed E-state index contributed by atoms with van der Waals surface area (Å²) in [5.41, 5.74) is 1.04. The summed E-state index contributed by atoms with van der Waals surface area (Å²) < 4.78 is 0. The first-order valence-corrected chi connectivity index (χ1v) is 8.06. The van der Waals surface area contributed by atoms with Crippen molar-refractivity contribution in [2.45, 2.75) is 18.9 Å². The molecule has 0 saturated carbocycles. The van der Waals surface area contributed by atoms with Crippen molar-refractivity contribution in [3.8, 4) is 0 Å². The molecule has 2 atom stereocenters. The molecule has 2 saturated heterocycles. The molecular formula is C16H21Cl2N3O2. The SMILES string of the molecule is Cl.O=C1CC(C(=O)N2CCNCC2c2cccc(Cl)c2)CCN1. The molecule has 2 fully saturated rings. The number of nitrogens with zero attached hydrogens (tertiary/aromatic N) is 1. The van der Waals surface area contributed by atoms with Crippen LogP contribution in [0.15, 0.2) is 24.3 Å². The Morgan fingerprint density at radius 3 is 2.87 bits per heavy atom. The zero-order valence-electron chi connectivity index (χ0n) is 12.8. The molecule has 5 nitrogen and oxygen atoms in total. The molecule has 0 bridgehead atoms. The van der Waals surface area contributed by atoms with Crippen molar-refractivity contribution in [1.82, 2.24) is 15.5 Å². The molecule has 2 heterocycles. The molecule has 2 amide bonds. The first-order chi connectivity index (χ1) is 10.6. The van der Waals surface area contributed by atoms with E-state index >= 15 is 0 Å². The zero-order chi connectivity index (χ0) is 15.5. The van der Waals surface area contributed by atoms with Gasteiger partial charge in [-0.3, -0.25) is 9.59 Å². The molecule has 23 heavy (non-hydrogen) atoms. The fourth-order valence-electron chi connectivity index (χ4n) is 3.21. The van der Waals surface area contributed by atoms with Crippen LogP contribution in [0.1, 0.15) is 24.4 Å². The molecule has 126 valence electrons. The van der Waals surface area contributed by atoms with Crippen LogP contribution in [0, 0.1) is 5.92 Å². The summed E-state index contributed by atoms with van der Waals surface area (Å²) in [6, 6.07) is 7.62. The third kappa shape index (κ3) is 4.16. The first kappa shape index (κ1) is 18.0. The van der Waals surface area contributed by atoms with E-state index in [1.807, 2.05) is 29.2 Å². The summed E-state index contributed by atoms with van der Waals surface area (Å²) in [4.78, 5) is 26.3. The number of hydrogen-bond donors (Lipinski definition) is 2.